The van der Waals surface area contributed by atoms with Crippen molar-refractivity contribution in [2.45, 2.75) is 43.7 Å². The fourth-order valence-electron chi connectivity index (χ4n) is 2.45. The van der Waals surface area contributed by atoms with Gasteiger partial charge >= 0.3 is 0 Å². The van der Waals surface area contributed by atoms with Crippen LogP contribution in [0.3, 0.4) is 0 Å². The molecule has 2 heterocycles. The van der Waals surface area contributed by atoms with E-state index in [9.17, 15) is 10.2 Å². The lowest BCUT2D eigenvalue weighted by Crippen LogP contribution is -2.52. The van der Waals surface area contributed by atoms with Crippen LogP contribution in [-0.2, 0) is 4.74 Å². The Kier molecular flexibility index (Phi) is 1.81. The third-order valence-electron chi connectivity index (χ3n) is 3.52. The number of hydrogen-bond donors (Lipinski definition) is 2. The highest BCUT2D eigenvalue weighted by molar-refractivity contribution is 5.11. The summed E-state index contributed by atoms with van der Waals surface area (Å²) in [6.45, 7) is 5.77. The molecule has 0 radical (unpaired) electrons. The number of aliphatic hydroxyl groups is 2. The Bertz CT molecular complexity index is 240. The van der Waals surface area contributed by atoms with E-state index in [0.29, 0.717) is 12.8 Å². The predicted octanol–water partition coefficient (Wildman–Crippen LogP) is 0.811. The molecule has 0 spiro atoms. The van der Waals surface area contributed by atoms with E-state index in [1.54, 1.807) is 6.08 Å². The molecule has 74 valence electrons. The van der Waals surface area contributed by atoms with E-state index in [1.807, 2.05) is 6.92 Å². The smallest absolute Gasteiger partial charge is 0.193 e. The Balaban J connectivity index is 2.32. The molecule has 2 saturated heterocycles. The SMILES string of the molecule is C=CC12CCC(O)(O1)C(O)CC2C. The summed E-state index contributed by atoms with van der Waals surface area (Å²) in [5.74, 6) is -1.09. The number of hydrogen-bond acceptors (Lipinski definition) is 3. The molecular weight excluding hydrogens is 168 g/mol. The van der Waals surface area contributed by atoms with Gasteiger partial charge < -0.3 is 14.9 Å². The lowest BCUT2D eigenvalue weighted by atomic mass is 9.83. The summed E-state index contributed by atoms with van der Waals surface area (Å²) in [6, 6.07) is 0. The number of ether oxygens (including phenoxy) is 1. The van der Waals surface area contributed by atoms with Crippen LogP contribution in [0.1, 0.15) is 26.2 Å². The molecule has 3 heteroatoms. The molecule has 4 atom stereocenters. The highest BCUT2D eigenvalue weighted by Crippen LogP contribution is 2.50. The second-order valence-electron chi connectivity index (χ2n) is 4.26. The molecule has 0 aromatic carbocycles. The molecule has 0 aromatic rings. The standard InChI is InChI=1S/C10H16O3/c1-3-9-4-5-10(12,13-9)8(11)6-7(9)2/h3,7-8,11-12H,1,4-6H2,2H3. The Morgan fingerprint density at radius 2 is 2.23 bits per heavy atom. The first kappa shape index (κ1) is 9.19. The van der Waals surface area contributed by atoms with Crippen LogP contribution in [0.4, 0.5) is 0 Å². The lowest BCUT2D eigenvalue weighted by Gasteiger charge is -2.42. The Morgan fingerprint density at radius 1 is 1.54 bits per heavy atom. The van der Waals surface area contributed by atoms with Crippen molar-refractivity contribution in [2.75, 3.05) is 0 Å². The molecule has 3 nitrogen and oxygen atoms in total. The Hall–Kier alpha value is -0.380. The summed E-state index contributed by atoms with van der Waals surface area (Å²) < 4.78 is 5.53. The molecule has 0 aromatic heterocycles. The van der Waals surface area contributed by atoms with Crippen molar-refractivity contribution < 1.29 is 14.9 Å². The number of rotatable bonds is 1. The normalized spacial score (nSPS) is 55.0. The van der Waals surface area contributed by atoms with Gasteiger partial charge in [0.25, 0.3) is 0 Å². The summed E-state index contributed by atoms with van der Waals surface area (Å²) in [6.07, 6.45) is 2.86. The molecule has 2 rings (SSSR count). The van der Waals surface area contributed by atoms with Gasteiger partial charge in [0.1, 0.15) is 6.10 Å². The second-order valence-corrected chi connectivity index (χ2v) is 4.26. The molecule has 2 N–H and O–H groups in total. The lowest BCUT2D eigenvalue weighted by molar-refractivity contribution is -0.295. The molecule has 0 aliphatic carbocycles. The topological polar surface area (TPSA) is 49.7 Å². The molecule has 4 unspecified atom stereocenters. The van der Waals surface area contributed by atoms with Gasteiger partial charge in [0, 0.05) is 6.42 Å². The van der Waals surface area contributed by atoms with Crippen molar-refractivity contribution in [1.29, 1.82) is 0 Å². The van der Waals surface area contributed by atoms with Crippen molar-refractivity contribution in [3.05, 3.63) is 12.7 Å². The van der Waals surface area contributed by atoms with E-state index >= 15 is 0 Å². The average molecular weight is 184 g/mol. The molecule has 13 heavy (non-hydrogen) atoms. The van der Waals surface area contributed by atoms with E-state index in [-0.39, 0.29) is 5.92 Å². The molecule has 0 amide bonds. The van der Waals surface area contributed by atoms with Gasteiger partial charge in [0.05, 0.1) is 5.60 Å². The first-order chi connectivity index (χ1) is 6.02. The molecular formula is C10H16O3. The van der Waals surface area contributed by atoms with Crippen LogP contribution in [0.15, 0.2) is 12.7 Å². The van der Waals surface area contributed by atoms with Crippen LogP contribution < -0.4 is 0 Å². The zero-order chi connectivity index (χ0) is 9.69. The quantitative estimate of drug-likeness (QED) is 0.593. The zero-order valence-corrected chi connectivity index (χ0v) is 7.86. The average Bonchev–Trinajstić information content (AvgIpc) is 2.41. The van der Waals surface area contributed by atoms with Crippen LogP contribution in [-0.4, -0.2) is 27.7 Å². The molecule has 2 bridgehead atoms. The first-order valence-corrected chi connectivity index (χ1v) is 4.77. The van der Waals surface area contributed by atoms with Crippen molar-refractivity contribution in [3.63, 3.8) is 0 Å². The van der Waals surface area contributed by atoms with Crippen molar-refractivity contribution in [3.8, 4) is 0 Å². The predicted molar refractivity (Wildman–Crippen MR) is 48.0 cm³/mol. The van der Waals surface area contributed by atoms with Gasteiger partial charge in [-0.1, -0.05) is 13.0 Å². The largest absolute Gasteiger partial charge is 0.388 e. The maximum absolute atomic E-state index is 9.88. The molecule has 2 aliphatic rings. The maximum Gasteiger partial charge on any atom is 0.193 e. The monoisotopic (exact) mass is 184 g/mol. The molecule has 2 fully saturated rings. The number of aliphatic hydroxyl groups excluding tert-OH is 1. The summed E-state index contributed by atoms with van der Waals surface area (Å²) >= 11 is 0. The fourth-order valence-corrected chi connectivity index (χ4v) is 2.45. The van der Waals surface area contributed by atoms with Crippen LogP contribution in [0.25, 0.3) is 0 Å². The van der Waals surface area contributed by atoms with Gasteiger partial charge in [-0.05, 0) is 18.8 Å². The summed E-state index contributed by atoms with van der Waals surface area (Å²) in [5.41, 5.74) is -0.409. The minimum atomic E-state index is -1.32. The minimum Gasteiger partial charge on any atom is -0.388 e. The first-order valence-electron chi connectivity index (χ1n) is 4.77. The Labute approximate surface area is 78.0 Å². The highest BCUT2D eigenvalue weighted by Gasteiger charge is 2.57. The maximum atomic E-state index is 9.88. The summed E-state index contributed by atoms with van der Waals surface area (Å²) in [7, 11) is 0. The summed E-state index contributed by atoms with van der Waals surface area (Å²) in [4.78, 5) is 0. The third kappa shape index (κ3) is 1.08. The van der Waals surface area contributed by atoms with Gasteiger partial charge in [-0.3, -0.25) is 0 Å². The third-order valence-corrected chi connectivity index (χ3v) is 3.52. The van der Waals surface area contributed by atoms with E-state index in [1.165, 1.54) is 0 Å². The van der Waals surface area contributed by atoms with Crippen LogP contribution in [0, 0.1) is 5.92 Å². The van der Waals surface area contributed by atoms with Crippen LogP contribution >= 0.6 is 0 Å². The van der Waals surface area contributed by atoms with Gasteiger partial charge in [0.2, 0.25) is 0 Å². The second kappa shape index (κ2) is 2.56. The van der Waals surface area contributed by atoms with Crippen LogP contribution in [0.2, 0.25) is 0 Å². The molecule has 2 aliphatic heterocycles. The van der Waals surface area contributed by atoms with E-state index in [4.69, 9.17) is 4.74 Å². The molecule has 0 saturated carbocycles. The highest BCUT2D eigenvalue weighted by atomic mass is 16.7. The van der Waals surface area contributed by atoms with E-state index < -0.39 is 17.5 Å². The zero-order valence-electron chi connectivity index (χ0n) is 7.86. The minimum absolute atomic E-state index is 0.225. The van der Waals surface area contributed by atoms with Crippen molar-refractivity contribution in [1.82, 2.24) is 0 Å². The van der Waals surface area contributed by atoms with Gasteiger partial charge in [-0.25, -0.2) is 0 Å². The fraction of sp³-hybridized carbons (Fsp3) is 0.800. The van der Waals surface area contributed by atoms with Crippen molar-refractivity contribution >= 4 is 0 Å². The van der Waals surface area contributed by atoms with Gasteiger partial charge in [0.15, 0.2) is 5.79 Å². The Morgan fingerprint density at radius 3 is 2.85 bits per heavy atom. The summed E-state index contributed by atoms with van der Waals surface area (Å²) in [5, 5.41) is 19.5. The van der Waals surface area contributed by atoms with Gasteiger partial charge in [-0.2, -0.15) is 0 Å². The van der Waals surface area contributed by atoms with Crippen molar-refractivity contribution in [2.24, 2.45) is 5.92 Å². The van der Waals surface area contributed by atoms with E-state index in [0.717, 1.165) is 6.42 Å². The van der Waals surface area contributed by atoms with Crippen LogP contribution in [0.5, 0.6) is 0 Å². The van der Waals surface area contributed by atoms with E-state index in [2.05, 4.69) is 6.58 Å². The van der Waals surface area contributed by atoms with Gasteiger partial charge in [-0.15, -0.1) is 6.58 Å². The number of fused-ring (bicyclic) bond motifs is 2.